The number of amides is 1. The fourth-order valence-electron chi connectivity index (χ4n) is 1.44. The van der Waals surface area contributed by atoms with Crippen LogP contribution in [-0.2, 0) is 4.79 Å². The topological polar surface area (TPSA) is 58.4 Å². The molecule has 2 unspecified atom stereocenters. The number of hydrogen-bond donors (Lipinski definition) is 2. The molecular formula is C12H27N3O. The summed E-state index contributed by atoms with van der Waals surface area (Å²) >= 11 is 0. The third-order valence-corrected chi connectivity index (χ3v) is 2.64. The Hall–Kier alpha value is -0.610. The molecule has 0 aromatic rings. The number of nitrogens with two attached hydrogens (primary N) is 1. The van der Waals surface area contributed by atoms with Crippen LogP contribution in [0.4, 0.5) is 0 Å². The lowest BCUT2D eigenvalue weighted by Crippen LogP contribution is -2.47. The standard InChI is InChI=1S/C12H27N3O/c1-9(2)6-7-14-12(16)11(4)15(5)8-10(3)13/h9-11H,6-8,13H2,1-5H3,(H,14,16). The molecule has 0 aliphatic heterocycles. The average Bonchev–Trinajstić information content (AvgIpc) is 2.14. The Kier molecular flexibility index (Phi) is 7.34. The van der Waals surface area contributed by atoms with Crippen LogP contribution in [0.1, 0.15) is 34.1 Å². The SMILES string of the molecule is CC(C)CCNC(=O)C(C)N(C)CC(C)N. The Morgan fingerprint density at radius 2 is 1.88 bits per heavy atom. The maximum atomic E-state index is 11.8. The van der Waals surface area contributed by atoms with Gasteiger partial charge in [0.2, 0.25) is 5.91 Å². The minimum Gasteiger partial charge on any atom is -0.355 e. The van der Waals surface area contributed by atoms with E-state index >= 15 is 0 Å². The molecule has 0 spiro atoms. The first kappa shape index (κ1) is 15.4. The highest BCUT2D eigenvalue weighted by Crippen LogP contribution is 1.99. The molecule has 0 fully saturated rings. The molecule has 96 valence electrons. The van der Waals surface area contributed by atoms with Crippen molar-refractivity contribution < 1.29 is 4.79 Å². The molecule has 1 amide bonds. The molecule has 0 saturated heterocycles. The Morgan fingerprint density at radius 1 is 1.31 bits per heavy atom. The zero-order valence-electron chi connectivity index (χ0n) is 11.3. The van der Waals surface area contributed by atoms with E-state index in [9.17, 15) is 4.79 Å². The van der Waals surface area contributed by atoms with Crippen LogP contribution in [0.5, 0.6) is 0 Å². The first-order valence-corrected chi connectivity index (χ1v) is 6.08. The van der Waals surface area contributed by atoms with E-state index < -0.39 is 0 Å². The maximum Gasteiger partial charge on any atom is 0.237 e. The molecule has 4 nitrogen and oxygen atoms in total. The van der Waals surface area contributed by atoms with Gasteiger partial charge in [-0.3, -0.25) is 9.69 Å². The summed E-state index contributed by atoms with van der Waals surface area (Å²) in [7, 11) is 1.93. The second-order valence-electron chi connectivity index (χ2n) is 5.07. The van der Waals surface area contributed by atoms with E-state index in [1.54, 1.807) is 0 Å². The van der Waals surface area contributed by atoms with Crippen molar-refractivity contribution in [2.45, 2.75) is 46.2 Å². The Labute approximate surface area is 99.6 Å². The molecule has 0 radical (unpaired) electrons. The highest BCUT2D eigenvalue weighted by molar-refractivity contribution is 5.81. The first-order valence-electron chi connectivity index (χ1n) is 6.08. The van der Waals surface area contributed by atoms with Gasteiger partial charge in [0, 0.05) is 19.1 Å². The van der Waals surface area contributed by atoms with Gasteiger partial charge in [-0.15, -0.1) is 0 Å². The summed E-state index contributed by atoms with van der Waals surface area (Å²) < 4.78 is 0. The van der Waals surface area contributed by atoms with E-state index in [1.807, 2.05) is 25.8 Å². The minimum atomic E-state index is -0.113. The lowest BCUT2D eigenvalue weighted by Gasteiger charge is -2.25. The van der Waals surface area contributed by atoms with Gasteiger partial charge < -0.3 is 11.1 Å². The quantitative estimate of drug-likeness (QED) is 0.679. The second-order valence-corrected chi connectivity index (χ2v) is 5.07. The van der Waals surface area contributed by atoms with Gasteiger partial charge in [0.15, 0.2) is 0 Å². The molecule has 0 heterocycles. The van der Waals surface area contributed by atoms with E-state index in [1.165, 1.54) is 0 Å². The molecule has 0 aromatic heterocycles. The molecule has 16 heavy (non-hydrogen) atoms. The summed E-state index contributed by atoms with van der Waals surface area (Å²) in [6.07, 6.45) is 1.02. The zero-order chi connectivity index (χ0) is 12.7. The Morgan fingerprint density at radius 3 is 2.31 bits per heavy atom. The van der Waals surface area contributed by atoms with Crippen LogP contribution in [0.2, 0.25) is 0 Å². The van der Waals surface area contributed by atoms with Crippen LogP contribution in [0.3, 0.4) is 0 Å². The fraction of sp³-hybridized carbons (Fsp3) is 0.917. The van der Waals surface area contributed by atoms with Gasteiger partial charge in [-0.1, -0.05) is 13.8 Å². The van der Waals surface area contributed by atoms with Crippen molar-refractivity contribution in [2.24, 2.45) is 11.7 Å². The number of nitrogens with one attached hydrogen (secondary N) is 1. The van der Waals surface area contributed by atoms with Crippen molar-refractivity contribution in [1.29, 1.82) is 0 Å². The third-order valence-electron chi connectivity index (χ3n) is 2.64. The minimum absolute atomic E-state index is 0.0869. The molecule has 2 atom stereocenters. The smallest absolute Gasteiger partial charge is 0.237 e. The van der Waals surface area contributed by atoms with Gasteiger partial charge in [-0.2, -0.15) is 0 Å². The van der Waals surface area contributed by atoms with Crippen molar-refractivity contribution in [3.63, 3.8) is 0 Å². The van der Waals surface area contributed by atoms with Crippen LogP contribution < -0.4 is 11.1 Å². The van der Waals surface area contributed by atoms with Crippen molar-refractivity contribution in [1.82, 2.24) is 10.2 Å². The van der Waals surface area contributed by atoms with E-state index in [2.05, 4.69) is 19.2 Å². The average molecular weight is 229 g/mol. The maximum absolute atomic E-state index is 11.8. The van der Waals surface area contributed by atoms with E-state index in [-0.39, 0.29) is 18.0 Å². The second kappa shape index (κ2) is 7.63. The van der Waals surface area contributed by atoms with Gasteiger partial charge in [-0.05, 0) is 33.2 Å². The molecule has 0 aromatic carbocycles. The van der Waals surface area contributed by atoms with Crippen LogP contribution in [0.15, 0.2) is 0 Å². The Bertz CT molecular complexity index is 204. The monoisotopic (exact) mass is 229 g/mol. The van der Waals surface area contributed by atoms with Gasteiger partial charge >= 0.3 is 0 Å². The fourth-order valence-corrected chi connectivity index (χ4v) is 1.44. The summed E-state index contributed by atoms with van der Waals surface area (Å²) in [5.74, 6) is 0.709. The summed E-state index contributed by atoms with van der Waals surface area (Å²) in [6.45, 7) is 9.65. The Balaban J connectivity index is 3.88. The van der Waals surface area contributed by atoms with Gasteiger partial charge in [0.25, 0.3) is 0 Å². The molecular weight excluding hydrogens is 202 g/mol. The van der Waals surface area contributed by atoms with Crippen LogP contribution in [0.25, 0.3) is 0 Å². The number of likely N-dealkylation sites (N-methyl/N-ethyl adjacent to an activating group) is 1. The molecule has 4 heteroatoms. The largest absolute Gasteiger partial charge is 0.355 e. The molecule has 0 bridgehead atoms. The summed E-state index contributed by atoms with van der Waals surface area (Å²) in [4.78, 5) is 13.7. The summed E-state index contributed by atoms with van der Waals surface area (Å²) in [6, 6.07) is -0.0194. The third kappa shape index (κ3) is 6.80. The number of carbonyl (C=O) groups is 1. The van der Waals surface area contributed by atoms with Crippen LogP contribution in [0, 0.1) is 5.92 Å². The van der Waals surface area contributed by atoms with Crippen molar-refractivity contribution >= 4 is 5.91 Å². The zero-order valence-corrected chi connectivity index (χ0v) is 11.3. The van der Waals surface area contributed by atoms with Crippen molar-refractivity contribution in [3.05, 3.63) is 0 Å². The lowest BCUT2D eigenvalue weighted by molar-refractivity contribution is -0.125. The molecule has 0 aliphatic carbocycles. The normalized spacial score (nSPS) is 15.2. The van der Waals surface area contributed by atoms with E-state index in [0.717, 1.165) is 19.5 Å². The van der Waals surface area contributed by atoms with E-state index in [4.69, 9.17) is 5.73 Å². The summed E-state index contributed by atoms with van der Waals surface area (Å²) in [5.41, 5.74) is 5.70. The van der Waals surface area contributed by atoms with Gasteiger partial charge in [0.1, 0.15) is 0 Å². The van der Waals surface area contributed by atoms with Crippen LogP contribution in [-0.4, -0.2) is 43.0 Å². The number of carbonyl (C=O) groups excluding carboxylic acids is 1. The predicted molar refractivity (Wildman–Crippen MR) is 68.2 cm³/mol. The predicted octanol–water partition coefficient (Wildman–Crippen LogP) is 0.816. The molecule has 0 rings (SSSR count). The van der Waals surface area contributed by atoms with E-state index in [0.29, 0.717) is 5.92 Å². The summed E-state index contributed by atoms with van der Waals surface area (Å²) in [5, 5.41) is 2.95. The number of rotatable bonds is 7. The molecule has 0 saturated carbocycles. The number of nitrogens with zero attached hydrogens (tertiary/aromatic N) is 1. The molecule has 0 aliphatic rings. The van der Waals surface area contributed by atoms with Crippen molar-refractivity contribution in [3.8, 4) is 0 Å². The lowest BCUT2D eigenvalue weighted by atomic mass is 10.1. The van der Waals surface area contributed by atoms with Gasteiger partial charge in [-0.25, -0.2) is 0 Å². The van der Waals surface area contributed by atoms with Gasteiger partial charge in [0.05, 0.1) is 6.04 Å². The van der Waals surface area contributed by atoms with Crippen LogP contribution >= 0.6 is 0 Å². The van der Waals surface area contributed by atoms with Crippen molar-refractivity contribution in [2.75, 3.05) is 20.1 Å². The molecule has 3 N–H and O–H groups in total. The highest BCUT2D eigenvalue weighted by atomic mass is 16.2. The number of hydrogen-bond acceptors (Lipinski definition) is 3. The highest BCUT2D eigenvalue weighted by Gasteiger charge is 2.18. The first-order chi connectivity index (χ1) is 7.34.